The summed E-state index contributed by atoms with van der Waals surface area (Å²) in [5, 5.41) is 0.396. The fourth-order valence-electron chi connectivity index (χ4n) is 2.43. The van der Waals surface area contributed by atoms with Gasteiger partial charge in [-0.1, -0.05) is 23.2 Å². The highest BCUT2D eigenvalue weighted by molar-refractivity contribution is 6.35. The van der Waals surface area contributed by atoms with Crippen molar-refractivity contribution in [3.63, 3.8) is 0 Å². The lowest BCUT2D eigenvalue weighted by Gasteiger charge is -2.33. The van der Waals surface area contributed by atoms with Crippen LogP contribution in [-0.2, 0) is 14.3 Å². The van der Waals surface area contributed by atoms with Crippen molar-refractivity contribution in [2.75, 3.05) is 33.4 Å². The van der Waals surface area contributed by atoms with E-state index in [1.165, 1.54) is 19.2 Å². The summed E-state index contributed by atoms with van der Waals surface area (Å²) >= 11 is 11.8. The van der Waals surface area contributed by atoms with Gasteiger partial charge in [-0.2, -0.15) is 0 Å². The quantitative estimate of drug-likeness (QED) is 0.602. The molecule has 1 unspecified atom stereocenters. The molecule has 0 aromatic heterocycles. The average molecular weight is 350 g/mol. The molecule has 0 spiro atoms. The molecule has 2 rings (SSSR count). The van der Waals surface area contributed by atoms with Crippen LogP contribution in [0.4, 0.5) is 4.39 Å². The van der Waals surface area contributed by atoms with Gasteiger partial charge in [0, 0.05) is 30.1 Å². The van der Waals surface area contributed by atoms with Gasteiger partial charge in [-0.05, 0) is 25.1 Å². The third kappa shape index (κ3) is 4.56. The van der Waals surface area contributed by atoms with E-state index in [9.17, 15) is 9.18 Å². The van der Waals surface area contributed by atoms with Crippen molar-refractivity contribution in [3.05, 3.63) is 33.6 Å². The Balaban J connectivity index is 1.96. The summed E-state index contributed by atoms with van der Waals surface area (Å²) in [6, 6.07) is 2.72. The maximum Gasteiger partial charge on any atom is 0.305 e. The molecule has 1 fully saturated rings. The van der Waals surface area contributed by atoms with Crippen molar-refractivity contribution in [1.29, 1.82) is 0 Å². The predicted octanol–water partition coefficient (Wildman–Crippen LogP) is 3.46. The van der Waals surface area contributed by atoms with E-state index in [1.54, 1.807) is 0 Å². The van der Waals surface area contributed by atoms with Gasteiger partial charge in [-0.3, -0.25) is 9.69 Å². The zero-order chi connectivity index (χ0) is 16.1. The number of hydrogen-bond donors (Lipinski definition) is 0. The fourth-order valence-corrected chi connectivity index (χ4v) is 2.93. The van der Waals surface area contributed by atoms with Gasteiger partial charge in [0.2, 0.25) is 0 Å². The topological polar surface area (TPSA) is 38.8 Å². The van der Waals surface area contributed by atoms with Crippen LogP contribution in [0.5, 0.6) is 0 Å². The molecular formula is C15H18Cl2FNO3. The van der Waals surface area contributed by atoms with Gasteiger partial charge in [0.05, 0.1) is 24.8 Å². The minimum atomic E-state index is -0.507. The van der Waals surface area contributed by atoms with Crippen LogP contribution in [0.15, 0.2) is 12.1 Å². The van der Waals surface area contributed by atoms with E-state index >= 15 is 0 Å². The van der Waals surface area contributed by atoms with E-state index in [4.69, 9.17) is 27.9 Å². The Morgan fingerprint density at radius 3 is 2.95 bits per heavy atom. The Morgan fingerprint density at radius 1 is 1.45 bits per heavy atom. The third-order valence-corrected chi connectivity index (χ3v) is 4.24. The number of carbonyl (C=O) groups excluding carboxylic acids is 1. The lowest BCUT2D eigenvalue weighted by molar-refractivity contribution is -0.140. The number of nitrogens with zero attached hydrogens (tertiary/aromatic N) is 1. The smallest absolute Gasteiger partial charge is 0.305 e. The van der Waals surface area contributed by atoms with Gasteiger partial charge in [0.1, 0.15) is 5.82 Å². The number of rotatable bonds is 5. The Morgan fingerprint density at radius 2 is 2.23 bits per heavy atom. The largest absolute Gasteiger partial charge is 0.469 e. The van der Waals surface area contributed by atoms with Gasteiger partial charge >= 0.3 is 5.97 Å². The number of esters is 1. The highest BCUT2D eigenvalue weighted by Crippen LogP contribution is 2.32. The molecule has 7 heteroatoms. The molecule has 1 aromatic carbocycles. The van der Waals surface area contributed by atoms with Crippen molar-refractivity contribution in [2.45, 2.75) is 18.9 Å². The standard InChI is InChI=1S/C15H18Cl2FNO3/c1-21-15(20)3-2-4-19-5-6-22-14(9-19)10-7-13(18)12(17)8-11(10)16/h7-8,14H,2-6,9H2,1H3. The summed E-state index contributed by atoms with van der Waals surface area (Å²) in [7, 11) is 1.38. The summed E-state index contributed by atoms with van der Waals surface area (Å²) in [4.78, 5) is 13.3. The first-order valence-corrected chi connectivity index (χ1v) is 7.82. The molecule has 0 amide bonds. The van der Waals surface area contributed by atoms with E-state index < -0.39 is 5.82 Å². The lowest BCUT2D eigenvalue weighted by Crippen LogP contribution is -2.39. The monoisotopic (exact) mass is 349 g/mol. The number of methoxy groups -OCH3 is 1. The molecule has 0 aliphatic carbocycles. The molecule has 1 aromatic rings. The predicted molar refractivity (Wildman–Crippen MR) is 82.8 cm³/mol. The molecule has 0 radical (unpaired) electrons. The van der Waals surface area contributed by atoms with E-state index in [0.717, 1.165) is 13.1 Å². The van der Waals surface area contributed by atoms with Gasteiger partial charge in [-0.15, -0.1) is 0 Å². The van der Waals surface area contributed by atoms with Crippen molar-refractivity contribution in [3.8, 4) is 0 Å². The van der Waals surface area contributed by atoms with Gasteiger partial charge in [-0.25, -0.2) is 4.39 Å². The minimum Gasteiger partial charge on any atom is -0.469 e. The van der Waals surface area contributed by atoms with Gasteiger partial charge < -0.3 is 9.47 Å². The van der Waals surface area contributed by atoms with Gasteiger partial charge in [0.15, 0.2) is 0 Å². The Bertz CT molecular complexity index is 542. The zero-order valence-electron chi connectivity index (χ0n) is 12.3. The van der Waals surface area contributed by atoms with Crippen LogP contribution in [0.2, 0.25) is 10.0 Å². The zero-order valence-corrected chi connectivity index (χ0v) is 13.8. The van der Waals surface area contributed by atoms with Crippen LogP contribution < -0.4 is 0 Å². The van der Waals surface area contributed by atoms with Gasteiger partial charge in [0.25, 0.3) is 0 Å². The van der Waals surface area contributed by atoms with Crippen LogP contribution in [0.1, 0.15) is 24.5 Å². The summed E-state index contributed by atoms with van der Waals surface area (Å²) < 4.78 is 23.9. The summed E-state index contributed by atoms with van der Waals surface area (Å²) in [6.07, 6.45) is 0.794. The molecule has 1 heterocycles. The molecule has 4 nitrogen and oxygen atoms in total. The molecule has 0 saturated carbocycles. The van der Waals surface area contributed by atoms with Crippen LogP contribution in [0.3, 0.4) is 0 Å². The van der Waals surface area contributed by atoms with Crippen molar-refractivity contribution < 1.29 is 18.7 Å². The van der Waals surface area contributed by atoms with E-state index in [-0.39, 0.29) is 17.1 Å². The molecular weight excluding hydrogens is 332 g/mol. The number of hydrogen-bond acceptors (Lipinski definition) is 4. The highest BCUT2D eigenvalue weighted by Gasteiger charge is 2.24. The first kappa shape index (κ1) is 17.5. The van der Waals surface area contributed by atoms with E-state index in [2.05, 4.69) is 9.64 Å². The number of carbonyl (C=O) groups is 1. The van der Waals surface area contributed by atoms with Crippen molar-refractivity contribution in [1.82, 2.24) is 4.90 Å². The van der Waals surface area contributed by atoms with Crippen LogP contribution in [0.25, 0.3) is 0 Å². The second-order valence-electron chi connectivity index (χ2n) is 5.13. The minimum absolute atomic E-state index is 0.000469. The second-order valence-corrected chi connectivity index (χ2v) is 5.94. The summed E-state index contributed by atoms with van der Waals surface area (Å²) in [5.74, 6) is -0.722. The molecule has 1 aliphatic heterocycles. The summed E-state index contributed by atoms with van der Waals surface area (Å²) in [6.45, 7) is 2.65. The van der Waals surface area contributed by atoms with Crippen LogP contribution >= 0.6 is 23.2 Å². The van der Waals surface area contributed by atoms with Crippen molar-refractivity contribution >= 4 is 29.2 Å². The first-order valence-electron chi connectivity index (χ1n) is 7.06. The summed E-state index contributed by atoms with van der Waals surface area (Å²) in [5.41, 5.74) is 0.598. The number of morpholine rings is 1. The molecule has 1 aliphatic rings. The first-order chi connectivity index (χ1) is 10.5. The number of ether oxygens (including phenoxy) is 2. The SMILES string of the molecule is COC(=O)CCCN1CCOC(c2cc(F)c(Cl)cc2Cl)C1. The maximum atomic E-state index is 13.6. The lowest BCUT2D eigenvalue weighted by atomic mass is 10.1. The normalized spacial score (nSPS) is 19.2. The number of benzene rings is 1. The maximum absolute atomic E-state index is 13.6. The fraction of sp³-hybridized carbons (Fsp3) is 0.533. The second kappa shape index (κ2) is 8.11. The van der Waals surface area contributed by atoms with Crippen LogP contribution in [0, 0.1) is 5.82 Å². The Hall–Kier alpha value is -0.880. The van der Waals surface area contributed by atoms with E-state index in [0.29, 0.717) is 36.6 Å². The Kier molecular flexibility index (Phi) is 6.44. The van der Waals surface area contributed by atoms with Crippen molar-refractivity contribution in [2.24, 2.45) is 0 Å². The molecule has 0 N–H and O–H groups in total. The number of halogens is 3. The highest BCUT2D eigenvalue weighted by atomic mass is 35.5. The molecule has 1 atom stereocenters. The van der Waals surface area contributed by atoms with Crippen LogP contribution in [-0.4, -0.2) is 44.2 Å². The molecule has 0 bridgehead atoms. The third-order valence-electron chi connectivity index (χ3n) is 3.62. The average Bonchev–Trinajstić information content (AvgIpc) is 2.51. The van der Waals surface area contributed by atoms with E-state index in [1.807, 2.05) is 0 Å². The Labute approximate surface area is 139 Å². The molecule has 1 saturated heterocycles. The molecule has 122 valence electrons. The molecule has 22 heavy (non-hydrogen) atoms.